The Kier molecular flexibility index (Phi) is 4.02. The number of hydrogen-bond acceptors (Lipinski definition) is 5. The van der Waals surface area contributed by atoms with Crippen molar-refractivity contribution in [2.45, 2.75) is 13.0 Å². The van der Waals surface area contributed by atoms with Crippen LogP contribution in [0.2, 0.25) is 0 Å². The SMILES string of the molecule is C[C@@H](c1ccccc1)n1c(=O)[nH]c2ncc(-c3ccc(-c4ncn[nH]4)cc3)nc21. The maximum absolute atomic E-state index is 12.6. The zero-order valence-electron chi connectivity index (χ0n) is 15.6. The molecule has 5 aromatic rings. The molecule has 0 spiro atoms. The Labute approximate surface area is 165 Å². The van der Waals surface area contributed by atoms with Gasteiger partial charge >= 0.3 is 5.69 Å². The van der Waals surface area contributed by atoms with E-state index in [1.807, 2.05) is 61.5 Å². The highest BCUT2D eigenvalue weighted by molar-refractivity contribution is 5.72. The molecule has 3 heterocycles. The molecule has 0 saturated heterocycles. The molecule has 5 rings (SSSR count). The van der Waals surface area contributed by atoms with E-state index in [0.29, 0.717) is 22.8 Å². The maximum atomic E-state index is 12.6. The van der Waals surface area contributed by atoms with Gasteiger partial charge in [-0.05, 0) is 12.5 Å². The van der Waals surface area contributed by atoms with Crippen molar-refractivity contribution in [1.82, 2.24) is 34.7 Å². The van der Waals surface area contributed by atoms with Gasteiger partial charge in [0.25, 0.3) is 0 Å². The number of aromatic nitrogens is 7. The molecule has 0 fully saturated rings. The van der Waals surface area contributed by atoms with Crippen LogP contribution in [0.4, 0.5) is 0 Å². The fourth-order valence-corrected chi connectivity index (χ4v) is 3.42. The van der Waals surface area contributed by atoms with E-state index in [2.05, 4.69) is 25.1 Å². The van der Waals surface area contributed by atoms with Crippen LogP contribution in [0.5, 0.6) is 0 Å². The van der Waals surface area contributed by atoms with Gasteiger partial charge in [-0.25, -0.2) is 19.7 Å². The van der Waals surface area contributed by atoms with E-state index in [1.54, 1.807) is 10.8 Å². The zero-order chi connectivity index (χ0) is 19.8. The first kappa shape index (κ1) is 17.1. The van der Waals surface area contributed by atoms with Gasteiger partial charge in [0.1, 0.15) is 6.33 Å². The molecule has 0 aliphatic heterocycles. The van der Waals surface area contributed by atoms with Crippen molar-refractivity contribution >= 4 is 11.3 Å². The smallest absolute Gasteiger partial charge is 0.289 e. The predicted molar refractivity (Wildman–Crippen MR) is 109 cm³/mol. The van der Waals surface area contributed by atoms with E-state index >= 15 is 0 Å². The molecule has 2 N–H and O–H groups in total. The third-order valence-electron chi connectivity index (χ3n) is 4.96. The van der Waals surface area contributed by atoms with E-state index < -0.39 is 0 Å². The molecule has 0 bridgehead atoms. The molecule has 142 valence electrons. The highest BCUT2D eigenvalue weighted by Gasteiger charge is 2.17. The van der Waals surface area contributed by atoms with Crippen LogP contribution in [-0.4, -0.2) is 34.7 Å². The number of hydrogen-bond donors (Lipinski definition) is 2. The summed E-state index contributed by atoms with van der Waals surface area (Å²) in [4.78, 5) is 28.7. The lowest BCUT2D eigenvalue weighted by Crippen LogP contribution is -2.21. The fraction of sp³-hybridized carbons (Fsp3) is 0.0952. The number of nitrogens with zero attached hydrogens (tertiary/aromatic N) is 5. The third kappa shape index (κ3) is 3.00. The van der Waals surface area contributed by atoms with Crippen molar-refractivity contribution in [2.75, 3.05) is 0 Å². The summed E-state index contributed by atoms with van der Waals surface area (Å²) in [7, 11) is 0. The van der Waals surface area contributed by atoms with E-state index in [0.717, 1.165) is 16.7 Å². The highest BCUT2D eigenvalue weighted by Crippen LogP contribution is 2.24. The summed E-state index contributed by atoms with van der Waals surface area (Å²) in [5.41, 5.74) is 4.32. The minimum atomic E-state index is -0.228. The minimum Gasteiger partial charge on any atom is -0.289 e. The molecule has 29 heavy (non-hydrogen) atoms. The number of H-pyrrole nitrogens is 2. The van der Waals surface area contributed by atoms with Crippen LogP contribution in [-0.2, 0) is 0 Å². The Morgan fingerprint density at radius 1 is 0.966 bits per heavy atom. The topological polar surface area (TPSA) is 105 Å². The van der Waals surface area contributed by atoms with Crippen molar-refractivity contribution in [2.24, 2.45) is 0 Å². The van der Waals surface area contributed by atoms with Crippen LogP contribution < -0.4 is 5.69 Å². The van der Waals surface area contributed by atoms with Gasteiger partial charge in [0.15, 0.2) is 17.1 Å². The van der Waals surface area contributed by atoms with E-state index in [4.69, 9.17) is 4.98 Å². The van der Waals surface area contributed by atoms with Crippen molar-refractivity contribution in [3.8, 4) is 22.6 Å². The maximum Gasteiger partial charge on any atom is 0.329 e. The monoisotopic (exact) mass is 383 g/mol. The first-order valence-corrected chi connectivity index (χ1v) is 9.19. The molecule has 8 heteroatoms. The number of nitrogens with one attached hydrogen (secondary N) is 2. The molecule has 0 saturated carbocycles. The number of fused-ring (bicyclic) bond motifs is 1. The van der Waals surface area contributed by atoms with Crippen LogP contribution in [0.1, 0.15) is 18.5 Å². The molecular weight excluding hydrogens is 366 g/mol. The predicted octanol–water partition coefficient (Wildman–Crippen LogP) is 3.18. The summed E-state index contributed by atoms with van der Waals surface area (Å²) in [5.74, 6) is 0.703. The fourth-order valence-electron chi connectivity index (χ4n) is 3.42. The Hall–Kier alpha value is -4.07. The molecule has 0 radical (unpaired) electrons. The van der Waals surface area contributed by atoms with Gasteiger partial charge in [-0.1, -0.05) is 54.6 Å². The second kappa shape index (κ2) is 6.83. The Morgan fingerprint density at radius 3 is 2.45 bits per heavy atom. The molecule has 2 aromatic carbocycles. The first-order valence-electron chi connectivity index (χ1n) is 9.19. The van der Waals surface area contributed by atoms with Crippen molar-refractivity contribution in [1.29, 1.82) is 0 Å². The number of imidazole rings is 1. The first-order chi connectivity index (χ1) is 14.2. The Balaban J connectivity index is 1.57. The lowest BCUT2D eigenvalue weighted by Gasteiger charge is -2.13. The summed E-state index contributed by atoms with van der Waals surface area (Å²) in [6, 6.07) is 17.5. The molecule has 3 aromatic heterocycles. The van der Waals surface area contributed by atoms with Gasteiger partial charge in [0.05, 0.1) is 17.9 Å². The third-order valence-corrected chi connectivity index (χ3v) is 4.96. The molecule has 0 unspecified atom stereocenters. The van der Waals surface area contributed by atoms with Crippen LogP contribution in [0.25, 0.3) is 33.9 Å². The molecule has 0 amide bonds. The summed E-state index contributed by atoms with van der Waals surface area (Å²) < 4.78 is 1.64. The second-order valence-corrected chi connectivity index (χ2v) is 6.73. The summed E-state index contributed by atoms with van der Waals surface area (Å²) in [6.45, 7) is 1.98. The van der Waals surface area contributed by atoms with Crippen LogP contribution in [0, 0.1) is 0 Å². The highest BCUT2D eigenvalue weighted by atomic mass is 16.1. The summed E-state index contributed by atoms with van der Waals surface area (Å²) in [6.07, 6.45) is 3.14. The lowest BCUT2D eigenvalue weighted by molar-refractivity contribution is 0.631. The second-order valence-electron chi connectivity index (χ2n) is 6.73. The average molecular weight is 383 g/mol. The number of benzene rings is 2. The molecule has 0 aliphatic rings. The average Bonchev–Trinajstić information content (AvgIpc) is 3.41. The molecule has 8 nitrogen and oxygen atoms in total. The van der Waals surface area contributed by atoms with Gasteiger partial charge < -0.3 is 0 Å². The van der Waals surface area contributed by atoms with Crippen molar-refractivity contribution < 1.29 is 0 Å². The van der Waals surface area contributed by atoms with Crippen molar-refractivity contribution in [3.05, 3.63) is 83.2 Å². The summed E-state index contributed by atoms with van der Waals surface area (Å²) >= 11 is 0. The molecular formula is C21H17N7O. The number of rotatable bonds is 4. The molecule has 1 atom stereocenters. The van der Waals surface area contributed by atoms with Crippen molar-refractivity contribution in [3.63, 3.8) is 0 Å². The lowest BCUT2D eigenvalue weighted by atomic mass is 10.1. The van der Waals surface area contributed by atoms with Crippen LogP contribution in [0.3, 0.4) is 0 Å². The minimum absolute atomic E-state index is 0.171. The Bertz CT molecular complexity index is 1320. The standard InChI is InChI=1S/C21H17N7O/c1-13(14-5-3-2-4-6-14)28-20-19(26-21(28)29)22-11-17(25-20)15-7-9-16(10-8-15)18-23-12-24-27-18/h2-13H,1H3,(H,22,26,29)(H,23,24,27)/t13-/m0/s1. The Morgan fingerprint density at radius 2 is 1.72 bits per heavy atom. The quantitative estimate of drug-likeness (QED) is 0.496. The normalized spacial score (nSPS) is 12.3. The number of aromatic amines is 2. The van der Waals surface area contributed by atoms with E-state index in [1.165, 1.54) is 6.33 Å². The summed E-state index contributed by atoms with van der Waals surface area (Å²) in [5, 5.41) is 6.72. The van der Waals surface area contributed by atoms with Gasteiger partial charge in [-0.3, -0.25) is 14.6 Å². The van der Waals surface area contributed by atoms with Crippen LogP contribution in [0.15, 0.2) is 71.9 Å². The van der Waals surface area contributed by atoms with Crippen LogP contribution >= 0.6 is 0 Å². The molecule has 0 aliphatic carbocycles. The van der Waals surface area contributed by atoms with Gasteiger partial charge in [-0.2, -0.15) is 5.10 Å². The van der Waals surface area contributed by atoms with E-state index in [9.17, 15) is 4.79 Å². The van der Waals surface area contributed by atoms with Gasteiger partial charge in [-0.15, -0.1) is 0 Å². The zero-order valence-corrected chi connectivity index (χ0v) is 15.6. The largest absolute Gasteiger partial charge is 0.329 e. The van der Waals surface area contributed by atoms with Gasteiger partial charge in [0, 0.05) is 11.1 Å². The van der Waals surface area contributed by atoms with Gasteiger partial charge in [0.2, 0.25) is 0 Å². The van der Waals surface area contributed by atoms with E-state index in [-0.39, 0.29) is 11.7 Å².